The number of H-pyrrole nitrogens is 1. The molecule has 0 radical (unpaired) electrons. The monoisotopic (exact) mass is 387 g/mol. The molecule has 27 heavy (non-hydrogen) atoms. The predicted molar refractivity (Wildman–Crippen MR) is 104 cm³/mol. The van der Waals surface area contributed by atoms with E-state index < -0.39 is 10.0 Å². The maximum absolute atomic E-state index is 12.5. The van der Waals surface area contributed by atoms with Gasteiger partial charge in [0.25, 0.3) is 10.0 Å². The molecule has 0 atom stereocenters. The Kier molecular flexibility index (Phi) is 5.31. The van der Waals surface area contributed by atoms with Gasteiger partial charge in [-0.15, -0.1) is 0 Å². The van der Waals surface area contributed by atoms with Crippen molar-refractivity contribution >= 4 is 27.2 Å². The number of aromatic nitrogens is 3. The van der Waals surface area contributed by atoms with E-state index in [-0.39, 0.29) is 4.90 Å². The van der Waals surface area contributed by atoms with Gasteiger partial charge in [-0.05, 0) is 57.2 Å². The van der Waals surface area contributed by atoms with E-state index in [2.05, 4.69) is 25.2 Å². The first-order valence-electron chi connectivity index (χ1n) is 8.39. The lowest BCUT2D eigenvalue weighted by Crippen LogP contribution is -2.14. The summed E-state index contributed by atoms with van der Waals surface area (Å²) < 4.78 is 33.0. The van der Waals surface area contributed by atoms with Crippen LogP contribution in [0.25, 0.3) is 0 Å². The number of aryl methyl sites for hydroxylation is 2. The number of hydrogen-bond acceptors (Lipinski definition) is 6. The van der Waals surface area contributed by atoms with Crippen LogP contribution in [0.3, 0.4) is 0 Å². The predicted octanol–water partition coefficient (Wildman–Crippen LogP) is 3.36. The Labute approximate surface area is 158 Å². The number of nitrogens with zero attached hydrogens (tertiary/aromatic N) is 2. The molecule has 2 aromatic heterocycles. The molecule has 0 aliphatic carbocycles. The molecule has 3 aromatic rings. The Morgan fingerprint density at radius 3 is 2.33 bits per heavy atom. The minimum Gasteiger partial charge on any atom is -0.494 e. The summed E-state index contributed by atoms with van der Waals surface area (Å²) in [6.07, 6.45) is 1.46. The second-order valence-electron chi connectivity index (χ2n) is 5.88. The van der Waals surface area contributed by atoms with E-state index >= 15 is 0 Å². The Morgan fingerprint density at radius 1 is 1.07 bits per heavy atom. The van der Waals surface area contributed by atoms with E-state index in [0.717, 1.165) is 11.4 Å². The average molecular weight is 387 g/mol. The van der Waals surface area contributed by atoms with Crippen LogP contribution < -0.4 is 14.8 Å². The van der Waals surface area contributed by atoms with Crippen LogP contribution in [0.1, 0.15) is 18.3 Å². The normalized spacial score (nSPS) is 11.2. The van der Waals surface area contributed by atoms with Gasteiger partial charge in [-0.25, -0.2) is 13.4 Å². The Morgan fingerprint density at radius 2 is 1.78 bits per heavy atom. The molecule has 9 heteroatoms. The number of anilines is 3. The fourth-order valence-corrected chi connectivity index (χ4v) is 4.04. The van der Waals surface area contributed by atoms with Crippen LogP contribution in [-0.4, -0.2) is 30.2 Å². The van der Waals surface area contributed by atoms with Gasteiger partial charge in [0.1, 0.15) is 16.5 Å². The van der Waals surface area contributed by atoms with E-state index in [1.807, 2.05) is 31.2 Å². The number of nitrogens with one attached hydrogen (secondary N) is 3. The van der Waals surface area contributed by atoms with Gasteiger partial charge in [-0.2, -0.15) is 5.10 Å². The molecule has 1 aromatic carbocycles. The first-order valence-corrected chi connectivity index (χ1v) is 9.87. The number of pyridine rings is 1. The quantitative estimate of drug-likeness (QED) is 0.573. The zero-order chi connectivity index (χ0) is 19.4. The molecule has 0 saturated carbocycles. The molecule has 0 unspecified atom stereocenters. The molecule has 0 bridgehead atoms. The lowest BCUT2D eigenvalue weighted by molar-refractivity contribution is 0.340. The van der Waals surface area contributed by atoms with Crippen molar-refractivity contribution in [3.63, 3.8) is 0 Å². The van der Waals surface area contributed by atoms with Crippen molar-refractivity contribution in [3.05, 3.63) is 54.0 Å². The van der Waals surface area contributed by atoms with Crippen LogP contribution in [0.2, 0.25) is 0 Å². The Hall–Kier alpha value is -3.07. The maximum atomic E-state index is 12.5. The highest BCUT2D eigenvalue weighted by molar-refractivity contribution is 7.92. The van der Waals surface area contributed by atoms with Crippen LogP contribution in [-0.2, 0) is 10.0 Å². The van der Waals surface area contributed by atoms with Gasteiger partial charge in [0.15, 0.2) is 0 Å². The third kappa shape index (κ3) is 4.37. The smallest absolute Gasteiger partial charge is 0.265 e. The second kappa shape index (κ2) is 7.67. The van der Waals surface area contributed by atoms with E-state index in [4.69, 9.17) is 4.74 Å². The fraction of sp³-hybridized carbons (Fsp3) is 0.222. The van der Waals surface area contributed by atoms with Gasteiger partial charge in [0, 0.05) is 5.69 Å². The zero-order valence-electron chi connectivity index (χ0n) is 15.3. The number of aromatic amines is 1. The summed E-state index contributed by atoms with van der Waals surface area (Å²) in [5.74, 6) is 1.39. The van der Waals surface area contributed by atoms with Gasteiger partial charge >= 0.3 is 0 Å². The van der Waals surface area contributed by atoms with Gasteiger partial charge in [0.05, 0.1) is 29.9 Å². The summed E-state index contributed by atoms with van der Waals surface area (Å²) in [5, 5.41) is 9.75. The largest absolute Gasteiger partial charge is 0.494 e. The molecule has 0 spiro atoms. The molecule has 2 heterocycles. The van der Waals surface area contributed by atoms with Crippen molar-refractivity contribution in [2.45, 2.75) is 25.7 Å². The minimum absolute atomic E-state index is 0.152. The van der Waals surface area contributed by atoms with Crippen molar-refractivity contribution in [1.82, 2.24) is 15.2 Å². The zero-order valence-corrected chi connectivity index (χ0v) is 16.1. The second-order valence-corrected chi connectivity index (χ2v) is 7.50. The highest BCUT2D eigenvalue weighted by atomic mass is 32.2. The van der Waals surface area contributed by atoms with Crippen LogP contribution in [0, 0.1) is 13.8 Å². The summed E-state index contributed by atoms with van der Waals surface area (Å²) in [6, 6.07) is 10.8. The molecule has 8 nitrogen and oxygen atoms in total. The van der Waals surface area contributed by atoms with E-state index in [1.54, 1.807) is 26.0 Å². The molecule has 0 aliphatic rings. The van der Waals surface area contributed by atoms with E-state index in [1.165, 1.54) is 6.20 Å². The highest BCUT2D eigenvalue weighted by Gasteiger charge is 2.22. The maximum Gasteiger partial charge on any atom is 0.265 e. The third-order valence-corrected chi connectivity index (χ3v) is 5.43. The number of benzene rings is 1. The lowest BCUT2D eigenvalue weighted by Gasteiger charge is -2.10. The average Bonchev–Trinajstić information content (AvgIpc) is 2.98. The van der Waals surface area contributed by atoms with Gasteiger partial charge in [-0.3, -0.25) is 9.82 Å². The Balaban J connectivity index is 1.70. The van der Waals surface area contributed by atoms with E-state index in [0.29, 0.717) is 29.5 Å². The SMILES string of the molecule is CCOc1ccc(Nc2ccc(NS(=O)(=O)c3c(C)n[nH]c3C)cn2)cc1. The van der Waals surface area contributed by atoms with Crippen LogP contribution in [0.15, 0.2) is 47.5 Å². The summed E-state index contributed by atoms with van der Waals surface area (Å²) in [5.41, 5.74) is 2.12. The molecular weight excluding hydrogens is 366 g/mol. The Bertz CT molecular complexity index is 993. The van der Waals surface area contributed by atoms with Crippen molar-refractivity contribution in [1.29, 1.82) is 0 Å². The molecule has 0 saturated heterocycles. The summed E-state index contributed by atoms with van der Waals surface area (Å²) in [7, 11) is -3.73. The van der Waals surface area contributed by atoms with Crippen molar-refractivity contribution < 1.29 is 13.2 Å². The fourth-order valence-electron chi connectivity index (χ4n) is 2.62. The molecule has 3 N–H and O–H groups in total. The first kappa shape index (κ1) is 18.7. The van der Waals surface area contributed by atoms with Crippen LogP contribution in [0.5, 0.6) is 5.75 Å². The lowest BCUT2D eigenvalue weighted by atomic mass is 10.3. The summed E-state index contributed by atoms with van der Waals surface area (Å²) >= 11 is 0. The number of rotatable bonds is 7. The third-order valence-electron chi connectivity index (χ3n) is 3.78. The first-order chi connectivity index (χ1) is 12.9. The van der Waals surface area contributed by atoms with Crippen LogP contribution >= 0.6 is 0 Å². The number of sulfonamides is 1. The topological polar surface area (TPSA) is 109 Å². The molecular formula is C18H21N5O3S. The van der Waals surface area contributed by atoms with Crippen molar-refractivity contribution in [2.24, 2.45) is 0 Å². The van der Waals surface area contributed by atoms with Gasteiger partial charge < -0.3 is 10.1 Å². The molecule has 0 amide bonds. The number of hydrogen-bond donors (Lipinski definition) is 3. The molecule has 0 fully saturated rings. The van der Waals surface area contributed by atoms with Gasteiger partial charge in [-0.1, -0.05) is 0 Å². The summed E-state index contributed by atoms with van der Waals surface area (Å²) in [6.45, 7) is 5.85. The molecule has 3 rings (SSSR count). The van der Waals surface area contributed by atoms with Gasteiger partial charge in [0.2, 0.25) is 0 Å². The minimum atomic E-state index is -3.73. The molecule has 0 aliphatic heterocycles. The van der Waals surface area contributed by atoms with Crippen molar-refractivity contribution in [2.75, 3.05) is 16.6 Å². The van der Waals surface area contributed by atoms with Crippen LogP contribution in [0.4, 0.5) is 17.2 Å². The summed E-state index contributed by atoms with van der Waals surface area (Å²) in [4.78, 5) is 4.40. The standard InChI is InChI=1S/C18H21N5O3S/c1-4-26-16-8-5-14(6-9-16)20-17-10-7-15(11-19-17)23-27(24,25)18-12(2)21-22-13(18)3/h5-11,23H,4H2,1-3H3,(H,19,20)(H,21,22). The highest BCUT2D eigenvalue weighted by Crippen LogP contribution is 2.22. The van der Waals surface area contributed by atoms with E-state index in [9.17, 15) is 8.42 Å². The van der Waals surface area contributed by atoms with Crippen molar-refractivity contribution in [3.8, 4) is 5.75 Å². The molecule has 142 valence electrons. The number of ether oxygens (including phenoxy) is 1.